The fourth-order valence-electron chi connectivity index (χ4n) is 1.82. The van der Waals surface area contributed by atoms with Crippen LogP contribution in [0.5, 0.6) is 11.8 Å². The number of halogens is 1. The summed E-state index contributed by atoms with van der Waals surface area (Å²) >= 11 is 0. The van der Waals surface area contributed by atoms with Gasteiger partial charge < -0.3 is 14.0 Å². The summed E-state index contributed by atoms with van der Waals surface area (Å²) in [6, 6.07) is 6.03. The summed E-state index contributed by atoms with van der Waals surface area (Å²) in [6.07, 6.45) is 0. The van der Waals surface area contributed by atoms with Gasteiger partial charge in [0.1, 0.15) is 11.3 Å². The molecule has 0 aliphatic rings. The minimum atomic E-state index is -0.455. The Morgan fingerprint density at radius 2 is 1.80 bits per heavy atom. The maximum atomic E-state index is 13.9. The summed E-state index contributed by atoms with van der Waals surface area (Å²) in [5.41, 5.74) is 0.394. The van der Waals surface area contributed by atoms with Crippen molar-refractivity contribution in [1.82, 2.24) is 15.1 Å². The predicted octanol–water partition coefficient (Wildman–Crippen LogP) is 2.44. The molecule has 6 nitrogen and oxygen atoms in total. The highest BCUT2D eigenvalue weighted by Gasteiger charge is 2.19. The van der Waals surface area contributed by atoms with Crippen LogP contribution in [0.1, 0.15) is 0 Å². The number of rotatable bonds is 3. The molecular weight excluding hydrogens is 265 g/mol. The number of fused-ring (bicyclic) bond motifs is 1. The van der Waals surface area contributed by atoms with Crippen LogP contribution in [0.4, 0.5) is 4.39 Å². The lowest BCUT2D eigenvalue weighted by molar-refractivity contribution is 0.370. The second-order valence-electron chi connectivity index (χ2n) is 3.92. The van der Waals surface area contributed by atoms with Crippen LogP contribution in [0.15, 0.2) is 28.8 Å². The van der Waals surface area contributed by atoms with Crippen LogP contribution >= 0.6 is 0 Å². The molecule has 0 fully saturated rings. The molecule has 3 rings (SSSR count). The maximum Gasteiger partial charge on any atom is 0.220 e. The van der Waals surface area contributed by atoms with E-state index >= 15 is 0 Å². The molecule has 7 heteroatoms. The summed E-state index contributed by atoms with van der Waals surface area (Å²) in [5, 5.41) is 4.02. The van der Waals surface area contributed by atoms with Crippen molar-refractivity contribution in [1.29, 1.82) is 0 Å². The molecule has 0 unspecified atom stereocenters. The molecule has 20 heavy (non-hydrogen) atoms. The average molecular weight is 275 g/mol. The number of methoxy groups -OCH3 is 2. The van der Waals surface area contributed by atoms with E-state index in [4.69, 9.17) is 14.0 Å². The summed E-state index contributed by atoms with van der Waals surface area (Å²) in [6.45, 7) is 0. The van der Waals surface area contributed by atoms with E-state index in [2.05, 4.69) is 15.1 Å². The van der Waals surface area contributed by atoms with E-state index in [1.807, 2.05) is 0 Å². The molecule has 0 saturated heterocycles. The van der Waals surface area contributed by atoms with Gasteiger partial charge in [0.25, 0.3) is 0 Å². The molecule has 0 aliphatic carbocycles. The highest BCUT2D eigenvalue weighted by atomic mass is 19.1. The van der Waals surface area contributed by atoms with E-state index in [1.165, 1.54) is 26.4 Å². The van der Waals surface area contributed by atoms with Crippen LogP contribution < -0.4 is 9.47 Å². The number of hydrogen-bond donors (Lipinski definition) is 0. The fourth-order valence-corrected chi connectivity index (χ4v) is 1.82. The van der Waals surface area contributed by atoms with Crippen LogP contribution in [-0.4, -0.2) is 29.3 Å². The van der Waals surface area contributed by atoms with E-state index in [0.29, 0.717) is 5.52 Å². The Balaban J connectivity index is 2.25. The lowest BCUT2D eigenvalue weighted by Gasteiger charge is -2.04. The fraction of sp³-hybridized carbons (Fsp3) is 0.154. The molecule has 0 aliphatic heterocycles. The van der Waals surface area contributed by atoms with Crippen molar-refractivity contribution in [2.75, 3.05) is 14.2 Å². The van der Waals surface area contributed by atoms with Crippen molar-refractivity contribution in [3.8, 4) is 23.3 Å². The first-order valence-corrected chi connectivity index (χ1v) is 5.74. The third kappa shape index (κ3) is 1.93. The lowest BCUT2D eigenvalue weighted by Crippen LogP contribution is -1.97. The van der Waals surface area contributed by atoms with Gasteiger partial charge in [-0.2, -0.15) is 9.97 Å². The molecule has 0 atom stereocenters. The standard InChI is InChI=1S/C13H10FN3O3/c1-18-9-6-10(19-2)16-13(15-9)12-11-7(14)4-3-5-8(11)17-20-12/h3-6H,1-2H3. The van der Waals surface area contributed by atoms with Gasteiger partial charge in [-0.3, -0.25) is 0 Å². The molecule has 0 saturated carbocycles. The molecule has 0 amide bonds. The first-order chi connectivity index (χ1) is 9.72. The summed E-state index contributed by atoms with van der Waals surface area (Å²) in [7, 11) is 2.93. The Labute approximate surface area is 113 Å². The predicted molar refractivity (Wildman–Crippen MR) is 68.1 cm³/mol. The van der Waals surface area contributed by atoms with Crippen molar-refractivity contribution in [3.05, 3.63) is 30.1 Å². The van der Waals surface area contributed by atoms with Gasteiger partial charge in [-0.15, -0.1) is 0 Å². The molecule has 102 valence electrons. The number of nitrogens with zero attached hydrogens (tertiary/aromatic N) is 3. The second kappa shape index (κ2) is 4.76. The van der Waals surface area contributed by atoms with Crippen LogP contribution in [0.3, 0.4) is 0 Å². The third-order valence-electron chi connectivity index (χ3n) is 2.75. The number of hydrogen-bond acceptors (Lipinski definition) is 6. The third-order valence-corrected chi connectivity index (χ3v) is 2.75. The molecule has 3 aromatic rings. The van der Waals surface area contributed by atoms with E-state index < -0.39 is 5.82 Å². The maximum absolute atomic E-state index is 13.9. The Kier molecular flexibility index (Phi) is 2.94. The van der Waals surface area contributed by atoms with Crippen molar-refractivity contribution in [3.63, 3.8) is 0 Å². The Hall–Kier alpha value is -2.70. The molecule has 0 spiro atoms. The van der Waals surface area contributed by atoms with Crippen molar-refractivity contribution in [2.45, 2.75) is 0 Å². The van der Waals surface area contributed by atoms with Gasteiger partial charge >= 0.3 is 0 Å². The Morgan fingerprint density at radius 1 is 1.10 bits per heavy atom. The normalized spacial score (nSPS) is 10.8. The quantitative estimate of drug-likeness (QED) is 0.731. The van der Waals surface area contributed by atoms with Crippen molar-refractivity contribution in [2.24, 2.45) is 0 Å². The zero-order chi connectivity index (χ0) is 14.1. The van der Waals surface area contributed by atoms with Gasteiger partial charge in [-0.25, -0.2) is 4.39 Å². The average Bonchev–Trinajstić information content (AvgIpc) is 2.92. The lowest BCUT2D eigenvalue weighted by atomic mass is 10.2. The minimum absolute atomic E-state index is 0.135. The van der Waals surface area contributed by atoms with Crippen LogP contribution in [0.2, 0.25) is 0 Å². The van der Waals surface area contributed by atoms with Gasteiger partial charge in [-0.05, 0) is 12.1 Å². The van der Waals surface area contributed by atoms with Crippen molar-refractivity contribution < 1.29 is 18.4 Å². The SMILES string of the molecule is COc1cc(OC)nc(-c2onc3cccc(F)c23)n1. The monoisotopic (exact) mass is 275 g/mol. The van der Waals surface area contributed by atoms with E-state index in [9.17, 15) is 4.39 Å². The number of ether oxygens (including phenoxy) is 2. The molecule has 2 aromatic heterocycles. The largest absolute Gasteiger partial charge is 0.481 e. The first-order valence-electron chi connectivity index (χ1n) is 5.74. The molecule has 2 heterocycles. The molecule has 0 bridgehead atoms. The first kappa shape index (κ1) is 12.3. The second-order valence-corrected chi connectivity index (χ2v) is 3.92. The highest BCUT2D eigenvalue weighted by molar-refractivity contribution is 5.90. The number of aromatic nitrogens is 3. The van der Waals surface area contributed by atoms with Crippen molar-refractivity contribution >= 4 is 10.9 Å². The van der Waals surface area contributed by atoms with Gasteiger partial charge in [0.2, 0.25) is 23.3 Å². The van der Waals surface area contributed by atoms with E-state index in [-0.39, 0.29) is 28.7 Å². The van der Waals surface area contributed by atoms with Gasteiger partial charge in [0.05, 0.1) is 25.7 Å². The zero-order valence-corrected chi connectivity index (χ0v) is 10.8. The topological polar surface area (TPSA) is 70.3 Å². The van der Waals surface area contributed by atoms with E-state index in [1.54, 1.807) is 12.1 Å². The summed E-state index contributed by atoms with van der Waals surface area (Å²) < 4.78 is 29.2. The summed E-state index contributed by atoms with van der Waals surface area (Å²) in [4.78, 5) is 8.24. The molecule has 0 N–H and O–H groups in total. The molecule has 0 radical (unpaired) electrons. The van der Waals surface area contributed by atoms with Gasteiger partial charge in [0.15, 0.2) is 0 Å². The number of benzene rings is 1. The molecule has 1 aromatic carbocycles. The Morgan fingerprint density at radius 3 is 2.45 bits per heavy atom. The highest BCUT2D eigenvalue weighted by Crippen LogP contribution is 2.30. The summed E-state index contributed by atoms with van der Waals surface area (Å²) in [5.74, 6) is 0.397. The molecular formula is C13H10FN3O3. The minimum Gasteiger partial charge on any atom is -0.481 e. The smallest absolute Gasteiger partial charge is 0.220 e. The Bertz CT molecular complexity index is 750. The zero-order valence-electron chi connectivity index (χ0n) is 10.8. The van der Waals surface area contributed by atoms with Crippen LogP contribution in [0.25, 0.3) is 22.5 Å². The van der Waals surface area contributed by atoms with Crippen LogP contribution in [-0.2, 0) is 0 Å². The van der Waals surface area contributed by atoms with Gasteiger partial charge in [0, 0.05) is 0 Å². The van der Waals surface area contributed by atoms with Gasteiger partial charge in [-0.1, -0.05) is 11.2 Å². The van der Waals surface area contributed by atoms with Crippen LogP contribution in [0, 0.1) is 5.82 Å². The van der Waals surface area contributed by atoms with E-state index in [0.717, 1.165) is 0 Å².